The molecule has 0 amide bonds. The monoisotopic (exact) mass is 273 g/mol. The van der Waals surface area contributed by atoms with Crippen LogP contribution in [0.2, 0.25) is 0 Å². The molecule has 1 aromatic rings. The predicted molar refractivity (Wildman–Crippen MR) is 81.9 cm³/mol. The van der Waals surface area contributed by atoms with Crippen molar-refractivity contribution >= 4 is 0 Å². The molecule has 1 fully saturated rings. The molecule has 0 spiro atoms. The Morgan fingerprint density at radius 3 is 2.70 bits per heavy atom. The molecule has 0 radical (unpaired) electrons. The lowest BCUT2D eigenvalue weighted by molar-refractivity contribution is 0.431. The van der Waals surface area contributed by atoms with Crippen LogP contribution in [0.15, 0.2) is 6.20 Å². The summed E-state index contributed by atoms with van der Waals surface area (Å²) >= 11 is 0. The van der Waals surface area contributed by atoms with Gasteiger partial charge in [0.15, 0.2) is 0 Å². The van der Waals surface area contributed by atoms with Crippen molar-refractivity contribution in [3.05, 3.63) is 23.3 Å². The molecule has 1 atom stereocenters. The Labute approximate surface area is 122 Å². The molecule has 3 heteroatoms. The zero-order valence-electron chi connectivity index (χ0n) is 12.7. The van der Waals surface area contributed by atoms with Gasteiger partial charge in [0.1, 0.15) is 5.82 Å². The summed E-state index contributed by atoms with van der Waals surface area (Å²) in [6.45, 7) is 1.11. The molecule has 2 aliphatic rings. The molecule has 0 aliphatic heterocycles. The molecule has 1 heterocycles. The van der Waals surface area contributed by atoms with Gasteiger partial charge in [0.05, 0.1) is 0 Å². The Morgan fingerprint density at radius 1 is 1.15 bits per heavy atom. The van der Waals surface area contributed by atoms with Crippen molar-refractivity contribution < 1.29 is 0 Å². The minimum Gasteiger partial charge on any atom is -0.319 e. The highest BCUT2D eigenvalue weighted by Gasteiger charge is 2.22. The largest absolute Gasteiger partial charge is 0.319 e. The van der Waals surface area contributed by atoms with Gasteiger partial charge < -0.3 is 5.32 Å². The molecular formula is C17H27N3. The fourth-order valence-electron chi connectivity index (χ4n) is 3.80. The number of hydrogen-bond donors (Lipinski definition) is 1. The molecule has 1 unspecified atom stereocenters. The van der Waals surface area contributed by atoms with E-state index >= 15 is 0 Å². The summed E-state index contributed by atoms with van der Waals surface area (Å²) in [5, 5.41) is 3.30. The zero-order chi connectivity index (χ0) is 13.8. The van der Waals surface area contributed by atoms with Gasteiger partial charge in [-0.15, -0.1) is 0 Å². The lowest BCUT2D eigenvalue weighted by atomic mass is 9.87. The van der Waals surface area contributed by atoms with Gasteiger partial charge in [0.25, 0.3) is 0 Å². The van der Waals surface area contributed by atoms with Crippen LogP contribution in [0.1, 0.15) is 67.9 Å². The second kappa shape index (κ2) is 6.66. The van der Waals surface area contributed by atoms with Crippen LogP contribution in [0.3, 0.4) is 0 Å². The van der Waals surface area contributed by atoms with E-state index in [1.54, 1.807) is 0 Å². The van der Waals surface area contributed by atoms with E-state index in [9.17, 15) is 0 Å². The van der Waals surface area contributed by atoms with Crippen LogP contribution in [0.25, 0.3) is 0 Å². The van der Waals surface area contributed by atoms with E-state index in [0.29, 0.717) is 5.92 Å². The van der Waals surface area contributed by atoms with E-state index in [1.807, 2.05) is 7.05 Å². The molecule has 1 saturated carbocycles. The summed E-state index contributed by atoms with van der Waals surface area (Å²) in [5.74, 6) is 2.52. The van der Waals surface area contributed by atoms with E-state index < -0.39 is 0 Å². The van der Waals surface area contributed by atoms with Crippen molar-refractivity contribution in [1.29, 1.82) is 0 Å². The van der Waals surface area contributed by atoms with Gasteiger partial charge in [-0.05, 0) is 57.2 Å². The van der Waals surface area contributed by atoms with E-state index in [0.717, 1.165) is 31.1 Å². The molecule has 3 rings (SSSR count). The Bertz CT molecular complexity index is 436. The van der Waals surface area contributed by atoms with Gasteiger partial charge in [0, 0.05) is 17.8 Å². The number of nitrogens with zero attached hydrogens (tertiary/aromatic N) is 2. The SMILES string of the molecule is CNCC1CCc2nc(C3CCCCCC3)ncc2C1. The Hall–Kier alpha value is -0.960. The molecule has 0 aromatic carbocycles. The van der Waals surface area contributed by atoms with Crippen molar-refractivity contribution in [2.75, 3.05) is 13.6 Å². The average molecular weight is 273 g/mol. The molecule has 0 bridgehead atoms. The zero-order valence-corrected chi connectivity index (χ0v) is 12.7. The maximum atomic E-state index is 4.94. The summed E-state index contributed by atoms with van der Waals surface area (Å²) in [6, 6.07) is 0. The molecule has 3 nitrogen and oxygen atoms in total. The molecule has 110 valence electrons. The third kappa shape index (κ3) is 3.20. The van der Waals surface area contributed by atoms with E-state index in [2.05, 4.69) is 11.5 Å². The van der Waals surface area contributed by atoms with Crippen LogP contribution in [0.4, 0.5) is 0 Å². The second-order valence-corrected chi connectivity index (χ2v) is 6.56. The quantitative estimate of drug-likeness (QED) is 0.859. The van der Waals surface area contributed by atoms with E-state index in [4.69, 9.17) is 9.97 Å². The third-order valence-electron chi connectivity index (χ3n) is 4.98. The first-order chi connectivity index (χ1) is 9.86. The van der Waals surface area contributed by atoms with E-state index in [1.165, 1.54) is 56.2 Å². The normalized spacial score (nSPS) is 24.1. The standard InChI is InChI=1S/C17H27N3/c1-18-11-13-8-9-16-15(10-13)12-19-17(20-16)14-6-4-2-3-5-7-14/h12-14,18H,2-11H2,1H3. The fourth-order valence-corrected chi connectivity index (χ4v) is 3.80. The topological polar surface area (TPSA) is 37.8 Å². The highest BCUT2D eigenvalue weighted by molar-refractivity contribution is 5.22. The average Bonchev–Trinajstić information content (AvgIpc) is 2.76. The first-order valence-electron chi connectivity index (χ1n) is 8.36. The maximum Gasteiger partial charge on any atom is 0.131 e. The van der Waals surface area contributed by atoms with Crippen molar-refractivity contribution in [1.82, 2.24) is 15.3 Å². The molecule has 1 N–H and O–H groups in total. The van der Waals surface area contributed by atoms with Crippen LogP contribution in [-0.2, 0) is 12.8 Å². The first-order valence-corrected chi connectivity index (χ1v) is 8.36. The summed E-state index contributed by atoms with van der Waals surface area (Å²) in [7, 11) is 2.04. The lowest BCUT2D eigenvalue weighted by Crippen LogP contribution is -2.26. The Morgan fingerprint density at radius 2 is 1.95 bits per heavy atom. The first kappa shape index (κ1) is 14.0. The number of aromatic nitrogens is 2. The van der Waals surface area contributed by atoms with Gasteiger partial charge in [-0.25, -0.2) is 9.97 Å². The second-order valence-electron chi connectivity index (χ2n) is 6.56. The third-order valence-corrected chi connectivity index (χ3v) is 4.98. The van der Waals surface area contributed by atoms with Crippen molar-refractivity contribution in [3.8, 4) is 0 Å². The van der Waals surface area contributed by atoms with Crippen LogP contribution >= 0.6 is 0 Å². The van der Waals surface area contributed by atoms with Gasteiger partial charge in [0.2, 0.25) is 0 Å². The molecule has 1 aromatic heterocycles. The molecule has 20 heavy (non-hydrogen) atoms. The number of rotatable bonds is 3. The van der Waals surface area contributed by atoms with E-state index in [-0.39, 0.29) is 0 Å². The minimum atomic E-state index is 0.623. The van der Waals surface area contributed by atoms with Gasteiger partial charge in [-0.1, -0.05) is 25.7 Å². The maximum absolute atomic E-state index is 4.94. The van der Waals surface area contributed by atoms with Crippen molar-refractivity contribution in [2.45, 2.75) is 63.7 Å². The number of aryl methyl sites for hydroxylation is 1. The summed E-state index contributed by atoms with van der Waals surface area (Å²) in [4.78, 5) is 9.66. The predicted octanol–water partition coefficient (Wildman–Crippen LogP) is 3.24. The van der Waals surface area contributed by atoms with Crippen LogP contribution in [-0.4, -0.2) is 23.6 Å². The van der Waals surface area contributed by atoms with Crippen molar-refractivity contribution in [3.63, 3.8) is 0 Å². The Balaban J connectivity index is 1.73. The molecule has 2 aliphatic carbocycles. The Kier molecular flexibility index (Phi) is 4.66. The molecule has 0 saturated heterocycles. The minimum absolute atomic E-state index is 0.623. The van der Waals surface area contributed by atoms with Gasteiger partial charge in [-0.2, -0.15) is 0 Å². The lowest BCUT2D eigenvalue weighted by Gasteiger charge is -2.24. The summed E-state index contributed by atoms with van der Waals surface area (Å²) < 4.78 is 0. The summed E-state index contributed by atoms with van der Waals surface area (Å²) in [6.07, 6.45) is 13.8. The van der Waals surface area contributed by atoms with Crippen LogP contribution in [0, 0.1) is 5.92 Å². The fraction of sp³-hybridized carbons (Fsp3) is 0.765. The number of nitrogens with one attached hydrogen (secondary N) is 1. The molecular weight excluding hydrogens is 246 g/mol. The number of hydrogen-bond acceptors (Lipinski definition) is 3. The summed E-state index contributed by atoms with van der Waals surface area (Å²) in [5.41, 5.74) is 2.74. The van der Waals surface area contributed by atoms with Gasteiger partial charge >= 0.3 is 0 Å². The highest BCUT2D eigenvalue weighted by atomic mass is 14.9. The van der Waals surface area contributed by atoms with Crippen LogP contribution in [0.5, 0.6) is 0 Å². The van der Waals surface area contributed by atoms with Gasteiger partial charge in [-0.3, -0.25) is 0 Å². The smallest absolute Gasteiger partial charge is 0.131 e. The number of fused-ring (bicyclic) bond motifs is 1. The van der Waals surface area contributed by atoms with Crippen LogP contribution < -0.4 is 5.32 Å². The highest BCUT2D eigenvalue weighted by Crippen LogP contribution is 2.31. The van der Waals surface area contributed by atoms with Crippen molar-refractivity contribution in [2.24, 2.45) is 5.92 Å².